The molecule has 1 unspecified atom stereocenters. The molecule has 1 aromatic heterocycles. The zero-order chi connectivity index (χ0) is 14.7. The van der Waals surface area contributed by atoms with Gasteiger partial charge in [0, 0.05) is 20.5 Å². The second-order valence-electron chi connectivity index (χ2n) is 4.80. The summed E-state index contributed by atoms with van der Waals surface area (Å²) in [6.45, 7) is 4.18. The molecular weight excluding hydrogens is 433 g/mol. The molecule has 7 heteroatoms. The normalized spacial score (nSPS) is 12.9. The van der Waals surface area contributed by atoms with Crippen molar-refractivity contribution in [1.29, 1.82) is 0 Å². The molecule has 0 radical (unpaired) electrons. The van der Waals surface area contributed by atoms with E-state index in [9.17, 15) is 0 Å². The number of aromatic nitrogens is 3. The number of hydrogen-bond acceptors (Lipinski definition) is 4. The largest absolute Gasteiger partial charge is 0.271 e. The molecular formula is C13H17BrIN5. The first-order valence-corrected chi connectivity index (χ1v) is 8.19. The molecule has 108 valence electrons. The van der Waals surface area contributed by atoms with Gasteiger partial charge in [-0.25, -0.2) is 9.67 Å². The highest BCUT2D eigenvalue weighted by atomic mass is 127. The van der Waals surface area contributed by atoms with Crippen molar-refractivity contribution in [2.75, 3.05) is 0 Å². The summed E-state index contributed by atoms with van der Waals surface area (Å²) in [6.07, 6.45) is 2.29. The number of hydrazine groups is 1. The highest BCUT2D eigenvalue weighted by Crippen LogP contribution is 2.26. The van der Waals surface area contributed by atoms with E-state index in [1.807, 2.05) is 10.7 Å². The van der Waals surface area contributed by atoms with Crippen LogP contribution in [0.5, 0.6) is 0 Å². The molecule has 0 amide bonds. The molecule has 20 heavy (non-hydrogen) atoms. The van der Waals surface area contributed by atoms with Gasteiger partial charge in [-0.15, -0.1) is 0 Å². The Labute approximate surface area is 140 Å². The third-order valence-corrected chi connectivity index (χ3v) is 4.53. The van der Waals surface area contributed by atoms with Crippen LogP contribution in [0.2, 0.25) is 0 Å². The van der Waals surface area contributed by atoms with Crippen molar-refractivity contribution in [3.8, 4) is 0 Å². The van der Waals surface area contributed by atoms with Crippen molar-refractivity contribution >= 4 is 38.5 Å². The lowest BCUT2D eigenvalue weighted by Crippen LogP contribution is -2.31. The maximum Gasteiger partial charge on any atom is 0.138 e. The van der Waals surface area contributed by atoms with Gasteiger partial charge in [0.25, 0.3) is 0 Å². The van der Waals surface area contributed by atoms with E-state index < -0.39 is 0 Å². The standard InChI is InChI=1S/C13H17BrIN5/c1-8(2)20-13(17-7-18-20)6-12(19-16)10-5-9(14)3-4-11(10)15/h3-5,7-8,12,19H,6,16H2,1-2H3. The summed E-state index contributed by atoms with van der Waals surface area (Å²) in [5.74, 6) is 6.67. The Morgan fingerprint density at radius 1 is 1.45 bits per heavy atom. The van der Waals surface area contributed by atoms with E-state index in [1.165, 1.54) is 3.57 Å². The topological polar surface area (TPSA) is 68.8 Å². The van der Waals surface area contributed by atoms with E-state index in [-0.39, 0.29) is 12.1 Å². The zero-order valence-electron chi connectivity index (χ0n) is 11.3. The van der Waals surface area contributed by atoms with Crippen LogP contribution in [0.1, 0.15) is 37.3 Å². The number of hydrogen-bond donors (Lipinski definition) is 2. The molecule has 0 aliphatic carbocycles. The summed E-state index contributed by atoms with van der Waals surface area (Å²) in [6, 6.07) is 6.46. The maximum atomic E-state index is 5.74. The highest BCUT2D eigenvalue weighted by Gasteiger charge is 2.18. The van der Waals surface area contributed by atoms with Crippen molar-refractivity contribution in [3.05, 3.63) is 44.0 Å². The number of nitrogens with one attached hydrogen (secondary N) is 1. The fourth-order valence-corrected chi connectivity index (χ4v) is 3.16. The van der Waals surface area contributed by atoms with Gasteiger partial charge in [0.1, 0.15) is 12.2 Å². The molecule has 2 aromatic rings. The van der Waals surface area contributed by atoms with Gasteiger partial charge in [-0.3, -0.25) is 11.3 Å². The van der Waals surface area contributed by atoms with Gasteiger partial charge in [0.2, 0.25) is 0 Å². The SMILES string of the molecule is CC(C)n1ncnc1CC(NN)c1cc(Br)ccc1I. The number of halogens is 2. The van der Waals surface area contributed by atoms with Crippen LogP contribution < -0.4 is 11.3 Å². The third-order valence-electron chi connectivity index (χ3n) is 3.06. The van der Waals surface area contributed by atoms with Crippen molar-refractivity contribution in [2.45, 2.75) is 32.4 Å². The van der Waals surface area contributed by atoms with Crippen LogP contribution in [0, 0.1) is 3.57 Å². The van der Waals surface area contributed by atoms with Gasteiger partial charge in [0.15, 0.2) is 0 Å². The summed E-state index contributed by atoms with van der Waals surface area (Å²) in [5.41, 5.74) is 4.04. The molecule has 0 bridgehead atoms. The van der Waals surface area contributed by atoms with E-state index in [0.29, 0.717) is 6.42 Å². The summed E-state index contributed by atoms with van der Waals surface area (Å²) in [5, 5.41) is 4.26. The van der Waals surface area contributed by atoms with Gasteiger partial charge < -0.3 is 0 Å². The molecule has 2 rings (SSSR count). The fourth-order valence-electron chi connectivity index (χ4n) is 2.07. The quantitative estimate of drug-likeness (QED) is 0.418. The van der Waals surface area contributed by atoms with Gasteiger partial charge in [-0.1, -0.05) is 15.9 Å². The Hall–Kier alpha value is -0.510. The van der Waals surface area contributed by atoms with Crippen LogP contribution in [-0.4, -0.2) is 14.8 Å². The van der Waals surface area contributed by atoms with E-state index in [0.717, 1.165) is 15.9 Å². The molecule has 0 aliphatic heterocycles. The predicted molar refractivity (Wildman–Crippen MR) is 91.0 cm³/mol. The van der Waals surface area contributed by atoms with Crippen molar-refractivity contribution in [2.24, 2.45) is 5.84 Å². The van der Waals surface area contributed by atoms with Crippen LogP contribution >= 0.6 is 38.5 Å². The van der Waals surface area contributed by atoms with Gasteiger partial charge in [-0.05, 0) is 60.2 Å². The lowest BCUT2D eigenvalue weighted by Gasteiger charge is -2.19. The van der Waals surface area contributed by atoms with Crippen LogP contribution in [-0.2, 0) is 6.42 Å². The van der Waals surface area contributed by atoms with Gasteiger partial charge in [-0.2, -0.15) is 5.10 Å². The van der Waals surface area contributed by atoms with E-state index >= 15 is 0 Å². The predicted octanol–water partition coefficient (Wildman–Crippen LogP) is 2.97. The summed E-state index contributed by atoms with van der Waals surface area (Å²) in [4.78, 5) is 4.34. The molecule has 1 aromatic carbocycles. The Bertz CT molecular complexity index is 584. The molecule has 1 atom stereocenters. The first kappa shape index (κ1) is 15.9. The van der Waals surface area contributed by atoms with E-state index in [2.05, 4.69) is 80.0 Å². The molecule has 0 fully saturated rings. The molecule has 0 saturated heterocycles. The molecule has 0 saturated carbocycles. The molecule has 1 heterocycles. The monoisotopic (exact) mass is 449 g/mol. The molecule has 0 spiro atoms. The minimum Gasteiger partial charge on any atom is -0.271 e. The lowest BCUT2D eigenvalue weighted by molar-refractivity contribution is 0.468. The second kappa shape index (κ2) is 6.97. The summed E-state index contributed by atoms with van der Waals surface area (Å²) < 4.78 is 4.14. The summed E-state index contributed by atoms with van der Waals surface area (Å²) >= 11 is 5.82. The van der Waals surface area contributed by atoms with Crippen molar-refractivity contribution < 1.29 is 0 Å². The van der Waals surface area contributed by atoms with E-state index in [4.69, 9.17) is 5.84 Å². The second-order valence-corrected chi connectivity index (χ2v) is 6.88. The van der Waals surface area contributed by atoms with Crippen LogP contribution in [0.3, 0.4) is 0 Å². The minimum absolute atomic E-state index is 0.00102. The third kappa shape index (κ3) is 3.57. The molecule has 5 nitrogen and oxygen atoms in total. The number of nitrogens with two attached hydrogens (primary N) is 1. The Morgan fingerprint density at radius 2 is 2.20 bits per heavy atom. The lowest BCUT2D eigenvalue weighted by atomic mass is 10.0. The average molecular weight is 450 g/mol. The Morgan fingerprint density at radius 3 is 2.85 bits per heavy atom. The average Bonchev–Trinajstić information content (AvgIpc) is 2.87. The first-order valence-electron chi connectivity index (χ1n) is 6.32. The van der Waals surface area contributed by atoms with Crippen LogP contribution in [0.25, 0.3) is 0 Å². The maximum absolute atomic E-state index is 5.74. The van der Waals surface area contributed by atoms with E-state index in [1.54, 1.807) is 6.33 Å². The summed E-state index contributed by atoms with van der Waals surface area (Å²) in [7, 11) is 0. The Balaban J connectivity index is 2.29. The van der Waals surface area contributed by atoms with Crippen molar-refractivity contribution in [1.82, 2.24) is 20.2 Å². The Kier molecular flexibility index (Phi) is 5.53. The minimum atomic E-state index is 0.00102. The van der Waals surface area contributed by atoms with Crippen molar-refractivity contribution in [3.63, 3.8) is 0 Å². The van der Waals surface area contributed by atoms with Gasteiger partial charge in [0.05, 0.1) is 6.04 Å². The first-order chi connectivity index (χ1) is 9.52. The zero-order valence-corrected chi connectivity index (χ0v) is 15.1. The molecule has 3 N–H and O–H groups in total. The van der Waals surface area contributed by atoms with Gasteiger partial charge >= 0.3 is 0 Å². The number of nitrogens with zero attached hydrogens (tertiary/aromatic N) is 3. The van der Waals surface area contributed by atoms with Crippen LogP contribution in [0.4, 0.5) is 0 Å². The highest BCUT2D eigenvalue weighted by molar-refractivity contribution is 14.1. The van der Waals surface area contributed by atoms with Crippen LogP contribution in [0.15, 0.2) is 29.0 Å². The smallest absolute Gasteiger partial charge is 0.138 e. The number of rotatable bonds is 5. The molecule has 0 aliphatic rings. The fraction of sp³-hybridized carbons (Fsp3) is 0.385. The number of benzene rings is 1.